The quantitative estimate of drug-likeness (QED) is 0.306. The molecule has 3 aliphatic rings. The number of anilines is 3. The van der Waals surface area contributed by atoms with Crippen LogP contribution in [-0.2, 0) is 11.3 Å². The van der Waals surface area contributed by atoms with Gasteiger partial charge in [-0.2, -0.15) is 8.78 Å². The predicted octanol–water partition coefficient (Wildman–Crippen LogP) is 3.27. The van der Waals surface area contributed by atoms with Gasteiger partial charge in [0.15, 0.2) is 0 Å². The summed E-state index contributed by atoms with van der Waals surface area (Å²) in [5, 5.41) is 6.85. The number of aromatic nitrogens is 2. The van der Waals surface area contributed by atoms with Crippen molar-refractivity contribution in [3.63, 3.8) is 0 Å². The first-order valence-corrected chi connectivity index (χ1v) is 12.9. The molecule has 3 saturated heterocycles. The average molecular weight is 552 g/mol. The second kappa shape index (κ2) is 9.27. The summed E-state index contributed by atoms with van der Waals surface area (Å²) < 4.78 is 51.2. The first-order chi connectivity index (χ1) is 19.3. The summed E-state index contributed by atoms with van der Waals surface area (Å²) in [7, 11) is 0. The average Bonchev–Trinajstić information content (AvgIpc) is 3.38. The molecule has 40 heavy (non-hydrogen) atoms. The van der Waals surface area contributed by atoms with Crippen molar-refractivity contribution >= 4 is 17.1 Å². The minimum Gasteiger partial charge on any atom is -0.415 e. The highest BCUT2D eigenvalue weighted by Crippen LogP contribution is 2.45. The topological polar surface area (TPSA) is 92.0 Å². The lowest BCUT2D eigenvalue weighted by molar-refractivity contribution is -0.137. The van der Waals surface area contributed by atoms with E-state index in [9.17, 15) is 18.4 Å². The molecular weight excluding hydrogens is 527 g/mol. The van der Waals surface area contributed by atoms with Crippen LogP contribution in [0.1, 0.15) is 17.9 Å². The van der Waals surface area contributed by atoms with Crippen LogP contribution in [0.4, 0.5) is 30.2 Å². The summed E-state index contributed by atoms with van der Waals surface area (Å²) in [5.41, 5.74) is 0.607. The molecule has 9 nitrogen and oxygen atoms in total. The zero-order chi connectivity index (χ0) is 27.6. The molecule has 0 bridgehead atoms. The Morgan fingerprint density at radius 2 is 1.75 bits per heavy atom. The first-order valence-electron chi connectivity index (χ1n) is 12.9. The molecule has 0 unspecified atom stereocenters. The Balaban J connectivity index is 1.15. The zero-order valence-corrected chi connectivity index (χ0v) is 21.2. The standard InChI is InChI=1S/C28H24F3N5O4/c29-20-8-16(26-32-33-27(40-26)25(30)31)6-7-17(20)9-36(18-4-2-1-3-5-18)22-21(23(37)24(22)38)35-14-28(15-35)12-34(13-28)19-10-39-11-19/h1-8,19,25H,9-15H2. The first kappa shape index (κ1) is 25.0. The molecule has 12 heteroatoms. The van der Waals surface area contributed by atoms with E-state index < -0.39 is 29.0 Å². The van der Waals surface area contributed by atoms with Crippen molar-refractivity contribution in [1.29, 1.82) is 0 Å². The number of alkyl halides is 2. The Labute approximate surface area is 226 Å². The van der Waals surface area contributed by atoms with Gasteiger partial charge in [-0.05, 0) is 24.3 Å². The number of para-hydroxylation sites is 1. The summed E-state index contributed by atoms with van der Waals surface area (Å²) in [5.74, 6) is -1.72. The Hall–Kier alpha value is -4.03. The van der Waals surface area contributed by atoms with E-state index in [0.717, 1.165) is 32.4 Å². The van der Waals surface area contributed by atoms with Crippen LogP contribution in [0.5, 0.6) is 0 Å². The van der Waals surface area contributed by atoms with E-state index in [0.29, 0.717) is 30.5 Å². The summed E-state index contributed by atoms with van der Waals surface area (Å²) in [6.07, 6.45) is -2.93. The number of likely N-dealkylation sites (tertiary alicyclic amines) is 1. The molecule has 0 aliphatic carbocycles. The van der Waals surface area contributed by atoms with Crippen LogP contribution in [-0.4, -0.2) is 60.5 Å². The van der Waals surface area contributed by atoms with E-state index in [-0.39, 0.29) is 34.7 Å². The number of hydrogen-bond acceptors (Lipinski definition) is 9. The lowest BCUT2D eigenvalue weighted by Gasteiger charge is -2.63. The normalized spacial score (nSPS) is 18.6. The Bertz CT molecular complexity index is 1630. The van der Waals surface area contributed by atoms with Crippen molar-refractivity contribution in [1.82, 2.24) is 15.1 Å². The highest BCUT2D eigenvalue weighted by Gasteiger charge is 2.55. The van der Waals surface area contributed by atoms with Gasteiger partial charge in [0.05, 0.1) is 25.8 Å². The van der Waals surface area contributed by atoms with Gasteiger partial charge in [-0.3, -0.25) is 14.5 Å². The van der Waals surface area contributed by atoms with Crippen LogP contribution in [0, 0.1) is 11.2 Å². The number of halogens is 3. The SMILES string of the molecule is O=c1c(N2CC3(C2)CN(C2COC2)C3)c(N(Cc2ccc(-c3nnc(C(F)F)o3)cc2F)c2ccccc2)c1=O. The summed E-state index contributed by atoms with van der Waals surface area (Å²) in [6, 6.07) is 13.6. The molecule has 3 aliphatic heterocycles. The third kappa shape index (κ3) is 4.01. The number of hydrogen-bond donors (Lipinski definition) is 0. The van der Waals surface area contributed by atoms with Crippen molar-refractivity contribution in [2.45, 2.75) is 19.0 Å². The molecule has 0 N–H and O–H groups in total. The third-order valence-electron chi connectivity index (χ3n) is 8.04. The molecule has 0 amide bonds. The molecule has 0 saturated carbocycles. The van der Waals surface area contributed by atoms with Crippen LogP contribution in [0.2, 0.25) is 0 Å². The molecule has 7 rings (SSSR count). The van der Waals surface area contributed by atoms with Crippen LogP contribution >= 0.6 is 0 Å². The zero-order valence-electron chi connectivity index (χ0n) is 21.2. The van der Waals surface area contributed by atoms with Crippen LogP contribution < -0.4 is 20.7 Å². The maximum absolute atomic E-state index is 15.3. The fourth-order valence-electron chi connectivity index (χ4n) is 5.87. The molecule has 4 aromatic rings. The molecule has 3 aromatic carbocycles. The lowest BCUT2D eigenvalue weighted by atomic mass is 9.71. The van der Waals surface area contributed by atoms with Crippen molar-refractivity contribution in [3.8, 4) is 11.5 Å². The summed E-state index contributed by atoms with van der Waals surface area (Å²) >= 11 is 0. The summed E-state index contributed by atoms with van der Waals surface area (Å²) in [6.45, 7) is 4.75. The number of nitrogens with zero attached hydrogens (tertiary/aromatic N) is 5. The van der Waals surface area contributed by atoms with Gasteiger partial charge < -0.3 is 19.0 Å². The van der Waals surface area contributed by atoms with E-state index in [4.69, 9.17) is 9.15 Å². The second-order valence-corrected chi connectivity index (χ2v) is 10.8. The van der Waals surface area contributed by atoms with Gasteiger partial charge in [0.2, 0.25) is 5.89 Å². The summed E-state index contributed by atoms with van der Waals surface area (Å²) in [4.78, 5) is 31.8. The monoisotopic (exact) mass is 551 g/mol. The second-order valence-electron chi connectivity index (χ2n) is 10.8. The molecule has 0 atom stereocenters. The smallest absolute Gasteiger partial charge is 0.314 e. The Morgan fingerprint density at radius 3 is 2.38 bits per heavy atom. The van der Waals surface area contributed by atoms with E-state index in [1.807, 2.05) is 11.0 Å². The fraction of sp³-hybridized carbons (Fsp3) is 0.357. The number of ether oxygens (including phenoxy) is 1. The highest BCUT2D eigenvalue weighted by molar-refractivity contribution is 5.82. The minimum absolute atomic E-state index is 0.0332. The van der Waals surface area contributed by atoms with Gasteiger partial charge in [0.25, 0.3) is 16.7 Å². The Morgan fingerprint density at radius 1 is 1.00 bits per heavy atom. The Kier molecular flexibility index (Phi) is 5.79. The lowest BCUT2D eigenvalue weighted by Crippen LogP contribution is -2.76. The van der Waals surface area contributed by atoms with E-state index >= 15 is 4.39 Å². The van der Waals surface area contributed by atoms with Gasteiger partial charge in [-0.25, -0.2) is 4.39 Å². The van der Waals surface area contributed by atoms with Crippen molar-refractivity contribution in [3.05, 3.63) is 86.2 Å². The maximum Gasteiger partial charge on any atom is 0.314 e. The van der Waals surface area contributed by atoms with Crippen LogP contribution in [0.25, 0.3) is 11.5 Å². The van der Waals surface area contributed by atoms with Gasteiger partial charge >= 0.3 is 6.43 Å². The van der Waals surface area contributed by atoms with E-state index in [2.05, 4.69) is 15.1 Å². The highest BCUT2D eigenvalue weighted by atomic mass is 19.3. The molecule has 0 radical (unpaired) electrons. The molecule has 1 spiro atoms. The molecule has 1 aromatic heterocycles. The largest absolute Gasteiger partial charge is 0.415 e. The third-order valence-corrected chi connectivity index (χ3v) is 8.04. The van der Waals surface area contributed by atoms with Crippen molar-refractivity contribution in [2.75, 3.05) is 49.2 Å². The minimum atomic E-state index is -2.93. The van der Waals surface area contributed by atoms with Gasteiger partial charge in [-0.15, -0.1) is 10.2 Å². The van der Waals surface area contributed by atoms with Crippen molar-refractivity contribution in [2.24, 2.45) is 5.41 Å². The fourth-order valence-corrected chi connectivity index (χ4v) is 5.87. The number of benzene rings is 2. The molecule has 206 valence electrons. The van der Waals surface area contributed by atoms with Gasteiger partial charge in [-0.1, -0.05) is 24.3 Å². The predicted molar refractivity (Wildman–Crippen MR) is 139 cm³/mol. The van der Waals surface area contributed by atoms with E-state index in [1.165, 1.54) is 12.1 Å². The van der Waals surface area contributed by atoms with Crippen LogP contribution in [0.3, 0.4) is 0 Å². The molecular formula is C28H24F3N5O4. The van der Waals surface area contributed by atoms with Gasteiger partial charge in [0, 0.05) is 48.4 Å². The number of rotatable bonds is 8. The van der Waals surface area contributed by atoms with Gasteiger partial charge in [0.1, 0.15) is 17.2 Å². The van der Waals surface area contributed by atoms with Crippen molar-refractivity contribution < 1.29 is 22.3 Å². The molecule has 3 fully saturated rings. The van der Waals surface area contributed by atoms with Crippen LogP contribution in [0.15, 0.2) is 62.5 Å². The van der Waals surface area contributed by atoms with E-state index in [1.54, 1.807) is 29.2 Å². The maximum atomic E-state index is 15.3. The molecule has 4 heterocycles.